The predicted molar refractivity (Wildman–Crippen MR) is 81.3 cm³/mol. The van der Waals surface area contributed by atoms with Crippen molar-refractivity contribution in [1.82, 2.24) is 5.32 Å². The van der Waals surface area contributed by atoms with E-state index in [0.29, 0.717) is 5.56 Å². The molecule has 0 radical (unpaired) electrons. The van der Waals surface area contributed by atoms with Gasteiger partial charge in [0.05, 0.1) is 0 Å². The lowest BCUT2D eigenvalue weighted by molar-refractivity contribution is 0.0963. The first-order chi connectivity index (χ1) is 9.20. The Morgan fingerprint density at radius 2 is 1.79 bits per heavy atom. The zero-order valence-electron chi connectivity index (χ0n) is 10.6. The summed E-state index contributed by atoms with van der Waals surface area (Å²) in [6.45, 7) is 0.719. The van der Waals surface area contributed by atoms with E-state index in [-0.39, 0.29) is 5.91 Å². The number of carbonyl (C=O) groups is 1. The fourth-order valence-electron chi connectivity index (χ4n) is 1.72. The van der Waals surface area contributed by atoms with Gasteiger partial charge in [0.15, 0.2) is 0 Å². The fraction of sp³-hybridized carbons (Fsp3) is 0.133. The van der Waals surface area contributed by atoms with Gasteiger partial charge in [-0.2, -0.15) is 0 Å². The molecule has 2 aromatic rings. The van der Waals surface area contributed by atoms with Gasteiger partial charge in [-0.15, -0.1) is 0 Å². The van der Waals surface area contributed by atoms with Crippen molar-refractivity contribution in [3.05, 3.63) is 64.1 Å². The van der Waals surface area contributed by atoms with Crippen LogP contribution < -0.4 is 10.6 Å². The van der Waals surface area contributed by atoms with Crippen LogP contribution in [0.3, 0.4) is 0 Å². The van der Waals surface area contributed by atoms with Gasteiger partial charge in [0.1, 0.15) is 0 Å². The molecular weight excluding hydrogens is 304 g/mol. The van der Waals surface area contributed by atoms with Crippen molar-refractivity contribution in [1.29, 1.82) is 0 Å². The van der Waals surface area contributed by atoms with Gasteiger partial charge in [0.25, 0.3) is 5.91 Å². The molecule has 4 heteroatoms. The van der Waals surface area contributed by atoms with Crippen molar-refractivity contribution in [2.45, 2.75) is 6.54 Å². The zero-order chi connectivity index (χ0) is 13.7. The molecule has 3 nitrogen and oxygen atoms in total. The molecule has 0 aliphatic carbocycles. The normalized spacial score (nSPS) is 10.0. The van der Waals surface area contributed by atoms with Crippen LogP contribution in [0.15, 0.2) is 53.0 Å². The van der Waals surface area contributed by atoms with Crippen molar-refractivity contribution in [2.75, 3.05) is 12.4 Å². The molecule has 98 valence electrons. The molecule has 0 unspecified atom stereocenters. The van der Waals surface area contributed by atoms with Crippen LogP contribution in [0.25, 0.3) is 0 Å². The van der Waals surface area contributed by atoms with Crippen molar-refractivity contribution in [3.8, 4) is 0 Å². The standard InChI is InChI=1S/C15H15BrN2O/c1-17-15(19)12-8-6-11(7-9-12)10-18-14-5-3-2-4-13(14)16/h2-9,18H,10H2,1H3,(H,17,19). The van der Waals surface area contributed by atoms with Crippen LogP contribution in [0.5, 0.6) is 0 Å². The predicted octanol–water partition coefficient (Wildman–Crippen LogP) is 3.42. The largest absolute Gasteiger partial charge is 0.380 e. The second-order valence-corrected chi connectivity index (χ2v) is 4.96. The molecule has 2 rings (SSSR count). The van der Waals surface area contributed by atoms with Crippen LogP contribution in [-0.2, 0) is 6.54 Å². The third-order valence-corrected chi connectivity index (χ3v) is 3.49. The van der Waals surface area contributed by atoms with Gasteiger partial charge in [-0.3, -0.25) is 4.79 Å². The van der Waals surface area contributed by atoms with Gasteiger partial charge >= 0.3 is 0 Å². The number of nitrogens with one attached hydrogen (secondary N) is 2. The second-order valence-electron chi connectivity index (χ2n) is 4.11. The Balaban J connectivity index is 2.01. The number of hydrogen-bond donors (Lipinski definition) is 2. The lowest BCUT2D eigenvalue weighted by atomic mass is 10.1. The van der Waals surface area contributed by atoms with Crippen LogP contribution in [0.2, 0.25) is 0 Å². The molecule has 0 heterocycles. The molecule has 0 saturated heterocycles. The third kappa shape index (κ3) is 3.58. The maximum Gasteiger partial charge on any atom is 0.251 e. The zero-order valence-corrected chi connectivity index (χ0v) is 12.2. The summed E-state index contributed by atoms with van der Waals surface area (Å²) in [6.07, 6.45) is 0. The lowest BCUT2D eigenvalue weighted by Gasteiger charge is -2.09. The molecule has 0 fully saturated rings. The smallest absolute Gasteiger partial charge is 0.251 e. The number of para-hydroxylation sites is 1. The molecule has 0 bridgehead atoms. The summed E-state index contributed by atoms with van der Waals surface area (Å²) in [7, 11) is 1.63. The summed E-state index contributed by atoms with van der Waals surface area (Å²) >= 11 is 3.49. The maximum absolute atomic E-state index is 11.4. The minimum absolute atomic E-state index is 0.0645. The maximum atomic E-state index is 11.4. The summed E-state index contributed by atoms with van der Waals surface area (Å²) in [5, 5.41) is 5.95. The highest BCUT2D eigenvalue weighted by atomic mass is 79.9. The van der Waals surface area contributed by atoms with Crippen molar-refractivity contribution < 1.29 is 4.79 Å². The first kappa shape index (κ1) is 13.6. The van der Waals surface area contributed by atoms with Gasteiger partial charge < -0.3 is 10.6 Å². The monoisotopic (exact) mass is 318 g/mol. The Bertz CT molecular complexity index is 567. The molecule has 19 heavy (non-hydrogen) atoms. The molecule has 0 spiro atoms. The van der Waals surface area contributed by atoms with Gasteiger partial charge in [-0.05, 0) is 45.8 Å². The number of hydrogen-bond acceptors (Lipinski definition) is 2. The van der Waals surface area contributed by atoms with E-state index in [1.54, 1.807) is 7.05 Å². The first-order valence-corrected chi connectivity index (χ1v) is 6.79. The molecule has 0 aliphatic rings. The molecule has 0 aliphatic heterocycles. The van der Waals surface area contributed by atoms with E-state index in [9.17, 15) is 4.79 Å². The van der Waals surface area contributed by atoms with Crippen LogP contribution in [-0.4, -0.2) is 13.0 Å². The highest BCUT2D eigenvalue weighted by Crippen LogP contribution is 2.21. The summed E-state index contributed by atoms with van der Waals surface area (Å²) in [5.74, 6) is -0.0645. The van der Waals surface area contributed by atoms with Crippen molar-refractivity contribution in [3.63, 3.8) is 0 Å². The molecular formula is C15H15BrN2O. The van der Waals surface area contributed by atoms with Crippen LogP contribution in [0.4, 0.5) is 5.69 Å². The van der Waals surface area contributed by atoms with Crippen LogP contribution >= 0.6 is 15.9 Å². The molecule has 0 aromatic heterocycles. The highest BCUT2D eigenvalue weighted by Gasteiger charge is 2.02. The summed E-state index contributed by atoms with van der Waals surface area (Å²) < 4.78 is 1.04. The molecule has 0 atom stereocenters. The summed E-state index contributed by atoms with van der Waals surface area (Å²) in [5.41, 5.74) is 2.86. The fourth-order valence-corrected chi connectivity index (χ4v) is 2.15. The average molecular weight is 319 g/mol. The first-order valence-electron chi connectivity index (χ1n) is 6.00. The number of benzene rings is 2. The van der Waals surface area contributed by atoms with E-state index in [1.165, 1.54) is 0 Å². The summed E-state index contributed by atoms with van der Waals surface area (Å²) in [6, 6.07) is 15.5. The lowest BCUT2D eigenvalue weighted by Crippen LogP contribution is -2.17. The van der Waals surface area contributed by atoms with Gasteiger partial charge in [-0.25, -0.2) is 0 Å². The minimum Gasteiger partial charge on any atom is -0.380 e. The van der Waals surface area contributed by atoms with E-state index in [4.69, 9.17) is 0 Å². The van der Waals surface area contributed by atoms with Crippen molar-refractivity contribution >= 4 is 27.5 Å². The topological polar surface area (TPSA) is 41.1 Å². The van der Waals surface area contributed by atoms with Gasteiger partial charge in [-0.1, -0.05) is 24.3 Å². The van der Waals surface area contributed by atoms with E-state index < -0.39 is 0 Å². The molecule has 2 aromatic carbocycles. The summed E-state index contributed by atoms with van der Waals surface area (Å²) in [4.78, 5) is 11.4. The number of halogens is 1. The number of amides is 1. The minimum atomic E-state index is -0.0645. The molecule has 2 N–H and O–H groups in total. The van der Waals surface area contributed by atoms with E-state index in [1.807, 2.05) is 48.5 Å². The van der Waals surface area contributed by atoms with E-state index in [2.05, 4.69) is 26.6 Å². The quantitative estimate of drug-likeness (QED) is 0.907. The average Bonchev–Trinajstić information content (AvgIpc) is 2.46. The van der Waals surface area contributed by atoms with Crippen LogP contribution in [0, 0.1) is 0 Å². The SMILES string of the molecule is CNC(=O)c1ccc(CNc2ccccc2Br)cc1. The number of rotatable bonds is 4. The number of carbonyl (C=O) groups excluding carboxylic acids is 1. The molecule has 1 amide bonds. The number of anilines is 1. The van der Waals surface area contributed by atoms with Gasteiger partial charge in [0, 0.05) is 29.3 Å². The Labute approximate surface area is 121 Å². The van der Waals surface area contributed by atoms with Crippen LogP contribution in [0.1, 0.15) is 15.9 Å². The van der Waals surface area contributed by atoms with Crippen molar-refractivity contribution in [2.24, 2.45) is 0 Å². The second kappa shape index (κ2) is 6.38. The Morgan fingerprint density at radius 1 is 1.11 bits per heavy atom. The van der Waals surface area contributed by atoms with Gasteiger partial charge in [0.2, 0.25) is 0 Å². The highest BCUT2D eigenvalue weighted by molar-refractivity contribution is 9.10. The Hall–Kier alpha value is -1.81. The Morgan fingerprint density at radius 3 is 2.42 bits per heavy atom. The third-order valence-electron chi connectivity index (χ3n) is 2.80. The van der Waals surface area contributed by atoms with E-state index >= 15 is 0 Å². The van der Waals surface area contributed by atoms with E-state index in [0.717, 1.165) is 22.3 Å². The molecule has 0 saturated carbocycles. The Kier molecular flexibility index (Phi) is 4.58.